The van der Waals surface area contributed by atoms with Crippen LogP contribution in [-0.2, 0) is 11.8 Å². The van der Waals surface area contributed by atoms with Crippen molar-refractivity contribution >= 4 is 0 Å². The molecule has 0 aliphatic rings. The van der Waals surface area contributed by atoms with E-state index < -0.39 is 0 Å². The average molecular weight is 429 g/mol. The minimum absolute atomic E-state index is 0.0536. The van der Waals surface area contributed by atoms with Crippen molar-refractivity contribution in [1.29, 1.82) is 0 Å². The van der Waals surface area contributed by atoms with Gasteiger partial charge in [-0.05, 0) is 59.4 Å². The Labute approximate surface area is 195 Å². The first-order valence-corrected chi connectivity index (χ1v) is 12.1. The van der Waals surface area contributed by atoms with Gasteiger partial charge in [-0.25, -0.2) is 0 Å². The average Bonchev–Trinajstić information content (AvgIpc) is 2.74. The molecule has 0 spiro atoms. The maximum Gasteiger partial charge on any atom is 0.127 e. The van der Waals surface area contributed by atoms with Crippen LogP contribution in [0.1, 0.15) is 101 Å². The van der Waals surface area contributed by atoms with Crippen LogP contribution in [0, 0.1) is 0 Å². The van der Waals surface area contributed by atoms with Gasteiger partial charge in [0, 0.05) is 11.5 Å². The maximum absolute atomic E-state index is 6.67. The predicted molar refractivity (Wildman–Crippen MR) is 138 cm³/mol. The van der Waals surface area contributed by atoms with Crippen LogP contribution in [0.4, 0.5) is 0 Å². The molecule has 0 unspecified atom stereocenters. The fourth-order valence-electron chi connectivity index (χ4n) is 4.71. The molecular formula is C31H40O. The van der Waals surface area contributed by atoms with Crippen molar-refractivity contribution in [1.82, 2.24) is 0 Å². The highest BCUT2D eigenvalue weighted by Gasteiger charge is 2.31. The molecule has 0 fully saturated rings. The molecule has 170 valence electrons. The summed E-state index contributed by atoms with van der Waals surface area (Å²) in [6.45, 7) is 18.1. The molecule has 0 aromatic heterocycles. The van der Waals surface area contributed by atoms with Gasteiger partial charge in [0.2, 0.25) is 0 Å². The molecule has 0 N–H and O–H groups in total. The van der Waals surface area contributed by atoms with E-state index in [1.807, 2.05) is 0 Å². The largest absolute Gasteiger partial charge is 0.490 e. The van der Waals surface area contributed by atoms with Crippen molar-refractivity contribution < 1.29 is 4.74 Å². The molecule has 0 radical (unpaired) electrons. The van der Waals surface area contributed by atoms with E-state index in [0.29, 0.717) is 5.92 Å². The summed E-state index contributed by atoms with van der Waals surface area (Å²) < 4.78 is 6.67. The van der Waals surface area contributed by atoms with Gasteiger partial charge in [0.1, 0.15) is 5.75 Å². The van der Waals surface area contributed by atoms with E-state index in [-0.39, 0.29) is 17.4 Å². The zero-order valence-corrected chi connectivity index (χ0v) is 21.2. The molecule has 0 amide bonds. The molecular weight excluding hydrogens is 388 g/mol. The Balaban J connectivity index is 2.49. The third-order valence-electron chi connectivity index (χ3n) is 6.15. The molecule has 3 rings (SSSR count). The molecule has 0 heterocycles. The lowest BCUT2D eigenvalue weighted by Gasteiger charge is -2.33. The Morgan fingerprint density at radius 3 is 1.66 bits per heavy atom. The minimum Gasteiger partial charge on any atom is -0.490 e. The van der Waals surface area contributed by atoms with E-state index in [1.54, 1.807) is 0 Å². The summed E-state index contributed by atoms with van der Waals surface area (Å²) in [7, 11) is 0. The third kappa shape index (κ3) is 5.09. The summed E-state index contributed by atoms with van der Waals surface area (Å²) in [5.41, 5.74) is 8.19. The highest BCUT2D eigenvalue weighted by atomic mass is 16.5. The predicted octanol–water partition coefficient (Wildman–Crippen LogP) is 8.64. The van der Waals surface area contributed by atoms with Gasteiger partial charge >= 0.3 is 0 Å². The molecule has 0 aliphatic heterocycles. The molecule has 0 saturated heterocycles. The number of rotatable bonds is 7. The minimum atomic E-state index is 0.0536. The fourth-order valence-corrected chi connectivity index (χ4v) is 4.71. The van der Waals surface area contributed by atoms with E-state index in [4.69, 9.17) is 4.74 Å². The Morgan fingerprint density at radius 2 is 1.28 bits per heavy atom. The number of ether oxygens (including phenoxy) is 1. The SMILES string of the molecule is CCc1c(C(C)(C)C)cc(C(C)C)c(OC(C)C)c1C(c1ccccc1)c1ccccc1. The standard InChI is InChI=1S/C31H40O/c1-9-25-27(31(6,7)8)20-26(21(2)3)30(32-22(4)5)29(25)28(23-16-12-10-13-17-23)24-18-14-11-15-19-24/h10-22,28H,9H2,1-8H3. The first-order chi connectivity index (χ1) is 15.1. The maximum atomic E-state index is 6.67. The summed E-state index contributed by atoms with van der Waals surface area (Å²) in [6, 6.07) is 24.3. The molecule has 3 aromatic carbocycles. The van der Waals surface area contributed by atoms with Crippen molar-refractivity contribution in [2.24, 2.45) is 0 Å². The highest BCUT2D eigenvalue weighted by Crippen LogP contribution is 2.47. The van der Waals surface area contributed by atoms with Crippen molar-refractivity contribution in [3.8, 4) is 5.75 Å². The van der Waals surface area contributed by atoms with Gasteiger partial charge in [0.25, 0.3) is 0 Å². The summed E-state index contributed by atoms with van der Waals surface area (Å²) in [5.74, 6) is 1.58. The van der Waals surface area contributed by atoms with Crippen LogP contribution >= 0.6 is 0 Å². The van der Waals surface area contributed by atoms with Gasteiger partial charge < -0.3 is 4.74 Å². The molecule has 1 heteroatoms. The van der Waals surface area contributed by atoms with Gasteiger partial charge in [-0.3, -0.25) is 0 Å². The van der Waals surface area contributed by atoms with Crippen LogP contribution in [0.25, 0.3) is 0 Å². The lowest BCUT2D eigenvalue weighted by atomic mass is 9.73. The van der Waals surface area contributed by atoms with Crippen molar-refractivity contribution in [3.05, 3.63) is 100 Å². The smallest absolute Gasteiger partial charge is 0.127 e. The van der Waals surface area contributed by atoms with Crippen LogP contribution in [0.2, 0.25) is 0 Å². The zero-order chi connectivity index (χ0) is 23.5. The first-order valence-electron chi connectivity index (χ1n) is 12.1. The quantitative estimate of drug-likeness (QED) is 0.342. The highest BCUT2D eigenvalue weighted by molar-refractivity contribution is 5.60. The van der Waals surface area contributed by atoms with E-state index in [2.05, 4.69) is 122 Å². The molecule has 32 heavy (non-hydrogen) atoms. The molecule has 3 aromatic rings. The van der Waals surface area contributed by atoms with Crippen molar-refractivity contribution in [3.63, 3.8) is 0 Å². The van der Waals surface area contributed by atoms with Gasteiger partial charge in [-0.15, -0.1) is 0 Å². The first kappa shape index (κ1) is 24.1. The molecule has 0 bridgehead atoms. The summed E-state index contributed by atoms with van der Waals surface area (Å²) in [5, 5.41) is 0. The summed E-state index contributed by atoms with van der Waals surface area (Å²) in [6.07, 6.45) is 1.09. The van der Waals surface area contributed by atoms with Crippen LogP contribution in [0.15, 0.2) is 66.7 Å². The number of hydrogen-bond donors (Lipinski definition) is 0. The molecule has 0 saturated carbocycles. The van der Waals surface area contributed by atoms with E-state index in [0.717, 1.165) is 12.2 Å². The lowest BCUT2D eigenvalue weighted by Crippen LogP contribution is -2.21. The van der Waals surface area contributed by atoms with E-state index >= 15 is 0 Å². The second kappa shape index (κ2) is 9.94. The summed E-state index contributed by atoms with van der Waals surface area (Å²) >= 11 is 0. The molecule has 0 atom stereocenters. The third-order valence-corrected chi connectivity index (χ3v) is 6.15. The van der Waals surface area contributed by atoms with Crippen LogP contribution in [0.5, 0.6) is 5.75 Å². The normalized spacial score (nSPS) is 12.1. The Hall–Kier alpha value is -2.54. The zero-order valence-electron chi connectivity index (χ0n) is 21.2. The number of hydrogen-bond acceptors (Lipinski definition) is 1. The van der Waals surface area contributed by atoms with Gasteiger partial charge in [-0.2, -0.15) is 0 Å². The van der Waals surface area contributed by atoms with Crippen molar-refractivity contribution in [2.45, 2.75) is 85.2 Å². The van der Waals surface area contributed by atoms with Crippen molar-refractivity contribution in [2.75, 3.05) is 0 Å². The van der Waals surface area contributed by atoms with Gasteiger partial charge in [-0.1, -0.05) is 108 Å². The van der Waals surface area contributed by atoms with E-state index in [1.165, 1.54) is 33.4 Å². The van der Waals surface area contributed by atoms with E-state index in [9.17, 15) is 0 Å². The Kier molecular flexibility index (Phi) is 7.49. The fraction of sp³-hybridized carbons (Fsp3) is 0.419. The van der Waals surface area contributed by atoms with Crippen LogP contribution in [0.3, 0.4) is 0 Å². The number of benzene rings is 3. The Morgan fingerprint density at radius 1 is 0.781 bits per heavy atom. The van der Waals surface area contributed by atoms with Crippen LogP contribution < -0.4 is 4.74 Å². The lowest BCUT2D eigenvalue weighted by molar-refractivity contribution is 0.236. The monoisotopic (exact) mass is 428 g/mol. The van der Waals surface area contributed by atoms with Gasteiger partial charge in [0.15, 0.2) is 0 Å². The van der Waals surface area contributed by atoms with Crippen LogP contribution in [-0.4, -0.2) is 6.10 Å². The second-order valence-electron chi connectivity index (χ2n) is 10.4. The summed E-state index contributed by atoms with van der Waals surface area (Å²) in [4.78, 5) is 0. The topological polar surface area (TPSA) is 9.23 Å². The molecule has 1 nitrogen and oxygen atoms in total. The molecule has 0 aliphatic carbocycles. The second-order valence-corrected chi connectivity index (χ2v) is 10.4. The Bertz CT molecular complexity index is 968. The van der Waals surface area contributed by atoms with Gasteiger partial charge in [0.05, 0.1) is 6.10 Å².